The molecule has 0 aliphatic rings. The Balaban J connectivity index is 3.13. The Labute approximate surface area is 84.6 Å². The summed E-state index contributed by atoms with van der Waals surface area (Å²) in [6.45, 7) is 5.20. The number of nitrogens with zero attached hydrogens (tertiary/aromatic N) is 4. The molecule has 1 aromatic heterocycles. The van der Waals surface area contributed by atoms with Crippen molar-refractivity contribution in [1.29, 1.82) is 0 Å². The van der Waals surface area contributed by atoms with Crippen molar-refractivity contribution in [3.05, 3.63) is 15.2 Å². The molecule has 0 aliphatic carbocycles. The van der Waals surface area contributed by atoms with Crippen molar-refractivity contribution in [1.82, 2.24) is 9.55 Å². The molecule has 0 fully saturated rings. The van der Waals surface area contributed by atoms with Crippen LogP contribution in [0.2, 0.25) is 0 Å². The van der Waals surface area contributed by atoms with Gasteiger partial charge in [-0.1, -0.05) is 0 Å². The third-order valence-electron chi connectivity index (χ3n) is 1.53. The quantitative estimate of drug-likeness (QED) is 0.457. The molecule has 1 aromatic rings. The largest absolute Gasteiger partial charge is 0.321 e. The summed E-state index contributed by atoms with van der Waals surface area (Å²) in [4.78, 5) is 4.26. The van der Waals surface area contributed by atoms with Gasteiger partial charge in [-0.05, 0) is 29.5 Å². The van der Waals surface area contributed by atoms with Crippen molar-refractivity contribution < 1.29 is 0 Å². The van der Waals surface area contributed by atoms with Gasteiger partial charge in [0.2, 0.25) is 0 Å². The summed E-state index contributed by atoms with van der Waals surface area (Å²) in [7, 11) is 1.94. The topological polar surface area (TPSA) is 42.5 Å². The zero-order chi connectivity index (χ0) is 9.14. The van der Waals surface area contributed by atoms with Gasteiger partial charge in [-0.3, -0.25) is 0 Å². The fourth-order valence-electron chi connectivity index (χ4n) is 0.888. The van der Waals surface area contributed by atoms with E-state index in [-0.39, 0.29) is 0 Å². The molecule has 0 saturated carbocycles. The maximum Gasteiger partial charge on any atom is 0.171 e. The predicted molar refractivity (Wildman–Crippen MR) is 57.8 cm³/mol. The minimum atomic E-state index is 0.940. The van der Waals surface area contributed by atoms with Crippen LogP contribution in [-0.4, -0.2) is 22.5 Å². The van der Waals surface area contributed by atoms with Crippen LogP contribution in [0.25, 0.3) is 0 Å². The van der Waals surface area contributed by atoms with Crippen molar-refractivity contribution in [3.8, 4) is 0 Å². The summed E-state index contributed by atoms with van der Waals surface area (Å²) in [5, 5.41) is 7.10. The van der Waals surface area contributed by atoms with Gasteiger partial charge >= 0.3 is 0 Å². The monoisotopic (exact) mass is 276 g/mol. The van der Waals surface area contributed by atoms with Gasteiger partial charge in [-0.2, -0.15) is 10.2 Å². The van der Waals surface area contributed by atoms with Crippen LogP contribution in [-0.2, 0) is 7.05 Å². The van der Waals surface area contributed by atoms with Gasteiger partial charge in [0, 0.05) is 13.8 Å². The number of rotatable bonds is 2. The maximum atomic E-state index is 4.26. The molecule has 0 radical (unpaired) electrons. The van der Waals surface area contributed by atoms with Crippen LogP contribution in [0.1, 0.15) is 11.4 Å². The highest BCUT2D eigenvalue weighted by molar-refractivity contribution is 14.1. The highest BCUT2D eigenvalue weighted by Gasteiger charge is 2.05. The second kappa shape index (κ2) is 3.79. The lowest BCUT2D eigenvalue weighted by molar-refractivity contribution is 0.869. The molecule has 1 rings (SSSR count). The number of aryl methyl sites for hydroxylation is 1. The second-order valence-electron chi connectivity index (χ2n) is 2.30. The lowest BCUT2D eigenvalue weighted by Gasteiger charge is -1.95. The minimum absolute atomic E-state index is 0.940. The molecule has 0 N–H and O–H groups in total. The predicted octanol–water partition coefficient (Wildman–Crippen LogP) is 1.37. The molecule has 4 nitrogen and oxygen atoms in total. The van der Waals surface area contributed by atoms with E-state index in [0.29, 0.717) is 0 Å². The summed E-state index contributed by atoms with van der Waals surface area (Å²) in [6, 6.07) is 0. The highest BCUT2D eigenvalue weighted by Crippen LogP contribution is 2.08. The molecular formula is C7H9IN4. The Bertz CT molecular complexity index is 326. The molecule has 64 valence electrons. The van der Waals surface area contributed by atoms with Crippen molar-refractivity contribution in [2.45, 2.75) is 6.92 Å². The Morgan fingerprint density at radius 3 is 2.75 bits per heavy atom. The zero-order valence-corrected chi connectivity index (χ0v) is 9.11. The van der Waals surface area contributed by atoms with Crippen LogP contribution >= 0.6 is 22.6 Å². The van der Waals surface area contributed by atoms with E-state index in [4.69, 9.17) is 0 Å². The molecule has 5 heteroatoms. The van der Waals surface area contributed by atoms with E-state index in [0.717, 1.165) is 15.2 Å². The van der Waals surface area contributed by atoms with Crippen molar-refractivity contribution in [3.63, 3.8) is 0 Å². The molecular weight excluding hydrogens is 267 g/mol. The normalized spacial score (nSPS) is 10.9. The smallest absolute Gasteiger partial charge is 0.171 e. The van der Waals surface area contributed by atoms with E-state index in [1.54, 1.807) is 6.21 Å². The third-order valence-corrected chi connectivity index (χ3v) is 2.50. The maximum absolute atomic E-state index is 4.26. The lowest BCUT2D eigenvalue weighted by atomic mass is 10.4. The first-order valence-corrected chi connectivity index (χ1v) is 4.42. The minimum Gasteiger partial charge on any atom is -0.321 e. The van der Waals surface area contributed by atoms with Crippen LogP contribution in [0, 0.1) is 10.8 Å². The standard InChI is InChI=1S/C7H9IN4/c1-5-6(4-10-9-2)12(3)7(8)11-5/h4H,2H2,1,3H3/b10-4-. The number of halogens is 1. The van der Waals surface area contributed by atoms with E-state index < -0.39 is 0 Å². The first-order chi connectivity index (χ1) is 5.66. The summed E-state index contributed by atoms with van der Waals surface area (Å²) in [5.74, 6) is 0. The first kappa shape index (κ1) is 9.37. The average molecular weight is 276 g/mol. The van der Waals surface area contributed by atoms with E-state index >= 15 is 0 Å². The fourth-order valence-corrected chi connectivity index (χ4v) is 1.51. The van der Waals surface area contributed by atoms with Crippen LogP contribution in [0.5, 0.6) is 0 Å². The van der Waals surface area contributed by atoms with Gasteiger partial charge in [-0.15, -0.1) is 0 Å². The second-order valence-corrected chi connectivity index (χ2v) is 3.26. The molecule has 1 heterocycles. The van der Waals surface area contributed by atoms with Crippen LogP contribution < -0.4 is 0 Å². The molecule has 0 atom stereocenters. The fraction of sp³-hybridized carbons (Fsp3) is 0.286. The van der Waals surface area contributed by atoms with Gasteiger partial charge in [0.25, 0.3) is 0 Å². The molecule has 0 unspecified atom stereocenters. The van der Waals surface area contributed by atoms with Crippen LogP contribution in [0.4, 0.5) is 0 Å². The van der Waals surface area contributed by atoms with Gasteiger partial charge in [0.15, 0.2) is 3.83 Å². The van der Waals surface area contributed by atoms with Gasteiger partial charge in [0.05, 0.1) is 17.6 Å². The highest BCUT2D eigenvalue weighted by atomic mass is 127. The average Bonchev–Trinajstić information content (AvgIpc) is 2.25. The lowest BCUT2D eigenvalue weighted by Crippen LogP contribution is -1.97. The molecule has 0 aromatic carbocycles. The number of hydrogen-bond donors (Lipinski definition) is 0. The molecule has 0 saturated heterocycles. The first-order valence-electron chi connectivity index (χ1n) is 3.34. The van der Waals surface area contributed by atoms with Gasteiger partial charge in [-0.25, -0.2) is 4.98 Å². The Morgan fingerprint density at radius 2 is 2.33 bits per heavy atom. The van der Waals surface area contributed by atoms with Crippen molar-refractivity contribution >= 4 is 35.5 Å². The number of hydrogen-bond acceptors (Lipinski definition) is 3. The van der Waals surface area contributed by atoms with E-state index in [1.807, 2.05) is 18.5 Å². The molecule has 0 bridgehead atoms. The Morgan fingerprint density at radius 1 is 1.67 bits per heavy atom. The Kier molecular flexibility index (Phi) is 2.96. The molecule has 0 spiro atoms. The SMILES string of the molecule is C=N/N=C\c1c(C)nc(I)n1C. The zero-order valence-electron chi connectivity index (χ0n) is 6.95. The van der Waals surface area contributed by atoms with E-state index in [9.17, 15) is 0 Å². The number of aromatic nitrogens is 2. The third kappa shape index (κ3) is 1.71. The van der Waals surface area contributed by atoms with Gasteiger partial charge in [0.1, 0.15) is 0 Å². The summed E-state index contributed by atoms with van der Waals surface area (Å²) < 4.78 is 2.89. The summed E-state index contributed by atoms with van der Waals surface area (Å²) in [6.07, 6.45) is 1.65. The van der Waals surface area contributed by atoms with Crippen molar-refractivity contribution in [2.24, 2.45) is 17.3 Å². The number of imidazole rings is 1. The van der Waals surface area contributed by atoms with Crippen molar-refractivity contribution in [2.75, 3.05) is 0 Å². The van der Waals surface area contributed by atoms with Gasteiger partial charge < -0.3 is 4.57 Å². The van der Waals surface area contributed by atoms with E-state index in [1.165, 1.54) is 0 Å². The summed E-state index contributed by atoms with van der Waals surface area (Å²) in [5.41, 5.74) is 1.92. The van der Waals surface area contributed by atoms with Crippen LogP contribution in [0.3, 0.4) is 0 Å². The van der Waals surface area contributed by atoms with Crippen LogP contribution in [0.15, 0.2) is 10.2 Å². The molecule has 0 amide bonds. The molecule has 0 aliphatic heterocycles. The van der Waals surface area contributed by atoms with E-state index in [2.05, 4.69) is 44.5 Å². The Hall–Kier alpha value is -0.720. The molecule has 12 heavy (non-hydrogen) atoms. The summed E-state index contributed by atoms with van der Waals surface area (Å²) >= 11 is 2.17.